The fraction of sp³-hybridized carbons (Fsp3) is 0.357. The quantitative estimate of drug-likeness (QED) is 0.617. The van der Waals surface area contributed by atoms with Crippen molar-refractivity contribution < 1.29 is 19.4 Å². The summed E-state index contributed by atoms with van der Waals surface area (Å²) in [6.45, 7) is 4.77. The lowest BCUT2D eigenvalue weighted by Gasteiger charge is -2.11. The molecule has 0 saturated carbocycles. The Bertz CT molecular complexity index is 455. The first-order valence-electron chi connectivity index (χ1n) is 5.94. The van der Waals surface area contributed by atoms with Crippen molar-refractivity contribution in [2.75, 3.05) is 13.2 Å². The van der Waals surface area contributed by atoms with Crippen LogP contribution in [-0.4, -0.2) is 30.4 Å². The lowest BCUT2D eigenvalue weighted by atomic mass is 10.2. The van der Waals surface area contributed by atoms with Crippen LogP contribution < -0.4 is 4.74 Å². The smallest absolute Gasteiger partial charge is 0.328 e. The number of carbonyl (C=O) groups is 1. The van der Waals surface area contributed by atoms with E-state index in [0.717, 1.165) is 6.08 Å². The van der Waals surface area contributed by atoms with Gasteiger partial charge in [-0.05, 0) is 38.1 Å². The van der Waals surface area contributed by atoms with E-state index in [1.165, 1.54) is 6.08 Å². The highest BCUT2D eigenvalue weighted by molar-refractivity contribution is 6.30. The second-order valence-electron chi connectivity index (χ2n) is 4.12. The van der Waals surface area contributed by atoms with Crippen LogP contribution in [0.25, 0.3) is 6.08 Å². The standard InChI is InChI=1S/C14H17ClO4/c1-10(2)18-7-8-19-13-5-4-12(15)9-11(13)3-6-14(16)17/h3-6,9-10H,7-8H2,1-2H3,(H,16,17). The van der Waals surface area contributed by atoms with Gasteiger partial charge in [-0.2, -0.15) is 0 Å². The third-order valence-electron chi connectivity index (χ3n) is 2.17. The zero-order chi connectivity index (χ0) is 14.3. The van der Waals surface area contributed by atoms with E-state index in [-0.39, 0.29) is 6.10 Å². The van der Waals surface area contributed by atoms with Gasteiger partial charge in [0.2, 0.25) is 0 Å². The molecule has 4 nitrogen and oxygen atoms in total. The lowest BCUT2D eigenvalue weighted by Crippen LogP contribution is -2.11. The zero-order valence-corrected chi connectivity index (χ0v) is 11.7. The molecule has 0 aromatic heterocycles. The number of ether oxygens (including phenoxy) is 2. The summed E-state index contributed by atoms with van der Waals surface area (Å²) in [6, 6.07) is 5.05. The Balaban J connectivity index is 2.68. The highest BCUT2D eigenvalue weighted by Gasteiger charge is 2.03. The van der Waals surface area contributed by atoms with E-state index < -0.39 is 5.97 Å². The number of hydrogen-bond donors (Lipinski definition) is 1. The van der Waals surface area contributed by atoms with E-state index in [1.54, 1.807) is 18.2 Å². The van der Waals surface area contributed by atoms with Gasteiger partial charge in [0.25, 0.3) is 0 Å². The second kappa shape index (κ2) is 7.81. The summed E-state index contributed by atoms with van der Waals surface area (Å²) in [5.74, 6) is -0.441. The molecule has 0 spiro atoms. The summed E-state index contributed by atoms with van der Waals surface area (Å²) in [4.78, 5) is 10.5. The number of rotatable bonds is 7. The Morgan fingerprint density at radius 2 is 2.16 bits per heavy atom. The fourth-order valence-electron chi connectivity index (χ4n) is 1.38. The van der Waals surface area contributed by atoms with E-state index in [2.05, 4.69) is 0 Å². The van der Waals surface area contributed by atoms with Crippen LogP contribution in [0.3, 0.4) is 0 Å². The van der Waals surface area contributed by atoms with Gasteiger partial charge in [-0.1, -0.05) is 11.6 Å². The molecule has 0 saturated heterocycles. The molecule has 0 aliphatic rings. The molecular weight excluding hydrogens is 268 g/mol. The molecule has 0 aliphatic heterocycles. The third-order valence-corrected chi connectivity index (χ3v) is 2.40. The minimum atomic E-state index is -1.02. The maximum atomic E-state index is 10.5. The molecule has 1 N–H and O–H groups in total. The third kappa shape index (κ3) is 6.27. The van der Waals surface area contributed by atoms with Gasteiger partial charge in [-0.3, -0.25) is 0 Å². The molecule has 1 aromatic rings. The number of carboxylic acid groups (broad SMARTS) is 1. The summed E-state index contributed by atoms with van der Waals surface area (Å²) in [7, 11) is 0. The molecule has 1 rings (SSSR count). The molecule has 0 bridgehead atoms. The maximum Gasteiger partial charge on any atom is 0.328 e. The molecule has 0 heterocycles. The van der Waals surface area contributed by atoms with Gasteiger partial charge in [0.15, 0.2) is 0 Å². The summed E-state index contributed by atoms with van der Waals surface area (Å²) in [6.07, 6.45) is 2.65. The SMILES string of the molecule is CC(C)OCCOc1ccc(Cl)cc1C=CC(=O)O. The van der Waals surface area contributed by atoms with E-state index >= 15 is 0 Å². The van der Waals surface area contributed by atoms with Gasteiger partial charge < -0.3 is 14.6 Å². The van der Waals surface area contributed by atoms with Crippen LogP contribution in [0.15, 0.2) is 24.3 Å². The number of halogens is 1. The average Bonchev–Trinajstić information content (AvgIpc) is 2.33. The van der Waals surface area contributed by atoms with Gasteiger partial charge in [-0.15, -0.1) is 0 Å². The molecule has 0 aliphatic carbocycles. The summed E-state index contributed by atoms with van der Waals surface area (Å²) >= 11 is 5.87. The first-order valence-corrected chi connectivity index (χ1v) is 6.32. The lowest BCUT2D eigenvalue weighted by molar-refractivity contribution is -0.131. The minimum absolute atomic E-state index is 0.153. The van der Waals surface area contributed by atoms with Crippen LogP contribution in [0.4, 0.5) is 0 Å². The monoisotopic (exact) mass is 284 g/mol. The molecule has 19 heavy (non-hydrogen) atoms. The molecule has 0 unspecified atom stereocenters. The number of hydrogen-bond acceptors (Lipinski definition) is 3. The number of benzene rings is 1. The summed E-state index contributed by atoms with van der Waals surface area (Å²) < 4.78 is 10.9. The van der Waals surface area contributed by atoms with Crippen molar-refractivity contribution >= 4 is 23.6 Å². The highest BCUT2D eigenvalue weighted by Crippen LogP contribution is 2.24. The molecule has 0 radical (unpaired) electrons. The van der Waals surface area contributed by atoms with Crippen LogP contribution >= 0.6 is 11.6 Å². The molecule has 5 heteroatoms. The van der Waals surface area contributed by atoms with E-state index in [4.69, 9.17) is 26.2 Å². The van der Waals surface area contributed by atoms with Crippen molar-refractivity contribution in [2.24, 2.45) is 0 Å². The molecular formula is C14H17ClO4. The largest absolute Gasteiger partial charge is 0.491 e. The Morgan fingerprint density at radius 1 is 1.42 bits per heavy atom. The predicted molar refractivity (Wildman–Crippen MR) is 74.7 cm³/mol. The van der Waals surface area contributed by atoms with Crippen molar-refractivity contribution in [3.05, 3.63) is 34.9 Å². The van der Waals surface area contributed by atoms with Crippen molar-refractivity contribution in [3.63, 3.8) is 0 Å². The minimum Gasteiger partial charge on any atom is -0.491 e. The van der Waals surface area contributed by atoms with Gasteiger partial charge >= 0.3 is 5.97 Å². The Hall–Kier alpha value is -1.52. The van der Waals surface area contributed by atoms with Crippen LogP contribution in [0.5, 0.6) is 5.75 Å². The normalized spacial score (nSPS) is 11.2. The topological polar surface area (TPSA) is 55.8 Å². The van der Waals surface area contributed by atoms with Gasteiger partial charge in [0, 0.05) is 16.7 Å². The van der Waals surface area contributed by atoms with E-state index in [1.807, 2.05) is 13.8 Å². The first-order chi connectivity index (χ1) is 8.99. The number of carboxylic acids is 1. The zero-order valence-electron chi connectivity index (χ0n) is 10.9. The molecule has 0 fully saturated rings. The van der Waals surface area contributed by atoms with E-state index in [0.29, 0.717) is 29.5 Å². The number of aliphatic carboxylic acids is 1. The van der Waals surface area contributed by atoms with E-state index in [9.17, 15) is 4.79 Å². The van der Waals surface area contributed by atoms with Crippen molar-refractivity contribution in [2.45, 2.75) is 20.0 Å². The summed E-state index contributed by atoms with van der Waals surface area (Å²) in [5.41, 5.74) is 0.624. The Kier molecular flexibility index (Phi) is 6.39. The van der Waals surface area contributed by atoms with Crippen molar-refractivity contribution in [3.8, 4) is 5.75 Å². The van der Waals surface area contributed by atoms with Crippen molar-refractivity contribution in [1.29, 1.82) is 0 Å². The Morgan fingerprint density at radius 3 is 2.79 bits per heavy atom. The average molecular weight is 285 g/mol. The van der Waals surface area contributed by atoms with Gasteiger partial charge in [0.05, 0.1) is 12.7 Å². The first kappa shape index (κ1) is 15.5. The molecule has 1 aromatic carbocycles. The van der Waals surface area contributed by atoms with Crippen LogP contribution in [0.2, 0.25) is 5.02 Å². The molecule has 0 atom stereocenters. The fourth-order valence-corrected chi connectivity index (χ4v) is 1.56. The molecule has 0 amide bonds. The van der Waals surface area contributed by atoms with Crippen LogP contribution in [0, 0.1) is 0 Å². The van der Waals surface area contributed by atoms with Gasteiger partial charge in [0.1, 0.15) is 12.4 Å². The van der Waals surface area contributed by atoms with Gasteiger partial charge in [-0.25, -0.2) is 4.79 Å². The van der Waals surface area contributed by atoms with Crippen LogP contribution in [0.1, 0.15) is 19.4 Å². The molecule has 104 valence electrons. The Labute approximate surface area is 117 Å². The summed E-state index contributed by atoms with van der Waals surface area (Å²) in [5, 5.41) is 9.15. The highest BCUT2D eigenvalue weighted by atomic mass is 35.5. The van der Waals surface area contributed by atoms with Crippen molar-refractivity contribution in [1.82, 2.24) is 0 Å². The maximum absolute atomic E-state index is 10.5. The predicted octanol–water partition coefficient (Wildman–Crippen LogP) is 3.24. The van der Waals surface area contributed by atoms with Crippen LogP contribution in [-0.2, 0) is 9.53 Å². The second-order valence-corrected chi connectivity index (χ2v) is 4.56.